The number of methoxy groups -OCH3 is 1. The zero-order valence-electron chi connectivity index (χ0n) is 19.9. The van der Waals surface area contributed by atoms with Crippen LogP contribution in [0, 0.1) is 23.1 Å². The highest BCUT2D eigenvalue weighted by Crippen LogP contribution is 2.19. The van der Waals surface area contributed by atoms with Crippen molar-refractivity contribution in [3.8, 4) is 6.07 Å². The van der Waals surface area contributed by atoms with Crippen LogP contribution in [0.1, 0.15) is 24.0 Å². The maximum absolute atomic E-state index is 13.4. The first-order chi connectivity index (χ1) is 17.4. The summed E-state index contributed by atoms with van der Waals surface area (Å²) in [7, 11) is 1.36. The molecule has 0 spiro atoms. The number of nitriles is 1. The Kier molecular flexibility index (Phi) is 9.72. The molecule has 1 aliphatic heterocycles. The number of nitrogens with zero attached hydrogens (tertiary/aromatic N) is 1. The lowest BCUT2D eigenvalue weighted by atomic mass is 9.94. The van der Waals surface area contributed by atoms with Gasteiger partial charge in [0, 0.05) is 32.1 Å². The van der Waals surface area contributed by atoms with E-state index in [0.29, 0.717) is 18.5 Å². The molecular weight excluding hydrogens is 463 g/mol. The minimum atomic E-state index is -1.01. The van der Waals surface area contributed by atoms with Gasteiger partial charge in [-0.15, -0.1) is 0 Å². The Balaban J connectivity index is 1.77. The number of amides is 3. The molecule has 8 nitrogen and oxygen atoms in total. The Hall–Kier alpha value is -4.03. The molecule has 36 heavy (non-hydrogen) atoms. The lowest BCUT2D eigenvalue weighted by molar-refractivity contribution is -0.128. The number of halogens is 1. The summed E-state index contributed by atoms with van der Waals surface area (Å²) >= 11 is 0. The fraction of sp³-hybridized carbons (Fsp3) is 0.333. The minimum absolute atomic E-state index is 0.0951. The first-order valence-corrected chi connectivity index (χ1v) is 11.7. The summed E-state index contributed by atoms with van der Waals surface area (Å²) in [6, 6.07) is 15.1. The van der Waals surface area contributed by atoms with Gasteiger partial charge in [0.05, 0.1) is 12.1 Å². The van der Waals surface area contributed by atoms with E-state index in [9.17, 15) is 24.0 Å². The van der Waals surface area contributed by atoms with Crippen LogP contribution in [0.2, 0.25) is 0 Å². The lowest BCUT2D eigenvalue weighted by Crippen LogP contribution is -2.53. The molecule has 2 aromatic carbocycles. The molecule has 1 aliphatic rings. The molecule has 0 aromatic heterocycles. The normalized spacial score (nSPS) is 17.6. The standard InChI is InChI=1S/C27H29FN4O4/c1-36-24(17-29)22(16-20-13-14-30-26(20)34)32-27(35)23(15-19-7-10-21(28)11-8-19)31-25(33)12-9-18-5-3-2-4-6-18/h2-12,20,22-24H,13-16H2,1H3,(H,30,34)(H,31,33)(H,32,35)/b12-9+/t20-,22-,23-,24-/m0/s1. The van der Waals surface area contributed by atoms with Gasteiger partial charge in [0.25, 0.3) is 0 Å². The van der Waals surface area contributed by atoms with Gasteiger partial charge < -0.3 is 20.7 Å². The van der Waals surface area contributed by atoms with Crippen molar-refractivity contribution in [3.63, 3.8) is 0 Å². The first kappa shape index (κ1) is 26.6. The number of rotatable bonds is 11. The van der Waals surface area contributed by atoms with Gasteiger partial charge in [-0.3, -0.25) is 14.4 Å². The number of ether oxygens (including phenoxy) is 1. The van der Waals surface area contributed by atoms with Crippen molar-refractivity contribution in [2.45, 2.75) is 37.5 Å². The third kappa shape index (κ3) is 7.75. The Morgan fingerprint density at radius 1 is 1.19 bits per heavy atom. The third-order valence-corrected chi connectivity index (χ3v) is 5.99. The minimum Gasteiger partial charge on any atom is -0.364 e. The van der Waals surface area contributed by atoms with Gasteiger partial charge in [0.1, 0.15) is 11.9 Å². The van der Waals surface area contributed by atoms with Crippen molar-refractivity contribution in [3.05, 3.63) is 77.6 Å². The van der Waals surface area contributed by atoms with E-state index in [2.05, 4.69) is 16.0 Å². The van der Waals surface area contributed by atoms with Gasteiger partial charge in [-0.1, -0.05) is 42.5 Å². The third-order valence-electron chi connectivity index (χ3n) is 5.99. The topological polar surface area (TPSA) is 120 Å². The summed E-state index contributed by atoms with van der Waals surface area (Å²) < 4.78 is 18.6. The molecule has 3 amide bonds. The molecule has 0 unspecified atom stereocenters. The summed E-state index contributed by atoms with van der Waals surface area (Å²) in [4.78, 5) is 38.1. The Labute approximate surface area is 209 Å². The average Bonchev–Trinajstić information content (AvgIpc) is 3.29. The second kappa shape index (κ2) is 13.2. The predicted octanol–water partition coefficient (Wildman–Crippen LogP) is 2.12. The second-order valence-electron chi connectivity index (χ2n) is 8.55. The summed E-state index contributed by atoms with van der Waals surface area (Å²) in [5.41, 5.74) is 1.46. The molecule has 3 rings (SSSR count). The monoisotopic (exact) mass is 492 g/mol. The van der Waals surface area contributed by atoms with E-state index >= 15 is 0 Å². The highest BCUT2D eigenvalue weighted by molar-refractivity contribution is 5.95. The Morgan fingerprint density at radius 3 is 2.53 bits per heavy atom. The van der Waals surface area contributed by atoms with Crippen LogP contribution in [0.15, 0.2) is 60.7 Å². The van der Waals surface area contributed by atoms with E-state index in [1.807, 2.05) is 36.4 Å². The van der Waals surface area contributed by atoms with Gasteiger partial charge >= 0.3 is 0 Å². The molecule has 1 saturated heterocycles. The van der Waals surface area contributed by atoms with Crippen molar-refractivity contribution < 1.29 is 23.5 Å². The number of carbonyl (C=O) groups is 3. The molecule has 1 fully saturated rings. The van der Waals surface area contributed by atoms with E-state index in [0.717, 1.165) is 5.56 Å². The average molecular weight is 493 g/mol. The van der Waals surface area contributed by atoms with Gasteiger partial charge in [-0.2, -0.15) is 5.26 Å². The molecular formula is C27H29FN4O4. The molecule has 3 N–H and O–H groups in total. The van der Waals surface area contributed by atoms with Crippen LogP contribution in [0.4, 0.5) is 4.39 Å². The smallest absolute Gasteiger partial charge is 0.244 e. The Morgan fingerprint density at radius 2 is 1.92 bits per heavy atom. The largest absolute Gasteiger partial charge is 0.364 e. The van der Waals surface area contributed by atoms with Crippen LogP contribution in [0.5, 0.6) is 0 Å². The van der Waals surface area contributed by atoms with Crippen LogP contribution in [-0.2, 0) is 25.5 Å². The maximum Gasteiger partial charge on any atom is 0.244 e. The fourth-order valence-corrected chi connectivity index (χ4v) is 4.05. The summed E-state index contributed by atoms with van der Waals surface area (Å²) in [6.07, 6.45) is 2.87. The molecule has 2 aromatic rings. The molecule has 0 bridgehead atoms. The summed E-state index contributed by atoms with van der Waals surface area (Å²) in [5, 5.41) is 17.8. The van der Waals surface area contributed by atoms with E-state index in [-0.39, 0.29) is 24.7 Å². The molecule has 0 saturated carbocycles. The first-order valence-electron chi connectivity index (χ1n) is 11.7. The quantitative estimate of drug-likeness (QED) is 0.415. The van der Waals surface area contributed by atoms with Crippen LogP contribution >= 0.6 is 0 Å². The predicted molar refractivity (Wildman–Crippen MR) is 132 cm³/mol. The van der Waals surface area contributed by atoms with Crippen molar-refractivity contribution in [2.24, 2.45) is 5.92 Å². The molecule has 9 heteroatoms. The highest BCUT2D eigenvalue weighted by Gasteiger charge is 2.33. The van der Waals surface area contributed by atoms with Crippen molar-refractivity contribution >= 4 is 23.8 Å². The van der Waals surface area contributed by atoms with E-state index in [1.54, 1.807) is 6.08 Å². The van der Waals surface area contributed by atoms with Gasteiger partial charge in [0.15, 0.2) is 6.10 Å². The molecule has 0 aliphatic carbocycles. The molecule has 1 heterocycles. The second-order valence-corrected chi connectivity index (χ2v) is 8.55. The van der Waals surface area contributed by atoms with Gasteiger partial charge in [-0.05, 0) is 42.2 Å². The molecule has 0 radical (unpaired) electrons. The van der Waals surface area contributed by atoms with E-state index in [1.165, 1.54) is 37.5 Å². The van der Waals surface area contributed by atoms with Crippen molar-refractivity contribution in [2.75, 3.05) is 13.7 Å². The number of hydrogen-bond donors (Lipinski definition) is 3. The summed E-state index contributed by atoms with van der Waals surface area (Å²) in [5.74, 6) is -1.94. The van der Waals surface area contributed by atoms with Crippen LogP contribution < -0.4 is 16.0 Å². The van der Waals surface area contributed by atoms with Crippen LogP contribution in [-0.4, -0.2) is 49.6 Å². The van der Waals surface area contributed by atoms with E-state index in [4.69, 9.17) is 4.74 Å². The SMILES string of the molecule is CO[C@@H](C#N)[C@H](C[C@@H]1CCNC1=O)NC(=O)[C@H](Cc1ccc(F)cc1)NC(=O)/C=C/c1ccccc1. The molecule has 188 valence electrons. The number of hydrogen-bond acceptors (Lipinski definition) is 5. The van der Waals surface area contributed by atoms with Crippen LogP contribution in [0.25, 0.3) is 6.08 Å². The number of benzene rings is 2. The number of nitrogens with one attached hydrogen (secondary N) is 3. The van der Waals surface area contributed by atoms with E-state index < -0.39 is 35.8 Å². The van der Waals surface area contributed by atoms with Crippen LogP contribution in [0.3, 0.4) is 0 Å². The zero-order chi connectivity index (χ0) is 25.9. The highest BCUT2D eigenvalue weighted by atomic mass is 19.1. The fourth-order valence-electron chi connectivity index (χ4n) is 4.05. The van der Waals surface area contributed by atoms with Crippen molar-refractivity contribution in [1.29, 1.82) is 5.26 Å². The van der Waals surface area contributed by atoms with Crippen molar-refractivity contribution in [1.82, 2.24) is 16.0 Å². The van der Waals surface area contributed by atoms with Gasteiger partial charge in [0.2, 0.25) is 17.7 Å². The number of carbonyl (C=O) groups excluding carboxylic acids is 3. The lowest BCUT2D eigenvalue weighted by Gasteiger charge is -2.27. The zero-order valence-corrected chi connectivity index (χ0v) is 19.9. The van der Waals surface area contributed by atoms with Gasteiger partial charge in [-0.25, -0.2) is 4.39 Å². The summed E-state index contributed by atoms with van der Waals surface area (Å²) in [6.45, 7) is 0.533. The maximum atomic E-state index is 13.4. The molecule has 4 atom stereocenters. The Bertz CT molecular complexity index is 1110.